The van der Waals surface area contributed by atoms with Gasteiger partial charge in [-0.25, -0.2) is 0 Å². The largest absolute Gasteiger partial charge is 0.343 e. The summed E-state index contributed by atoms with van der Waals surface area (Å²) in [5.74, 6) is -0.582. The highest BCUT2D eigenvalue weighted by molar-refractivity contribution is 6.17. The Labute approximate surface area is 132 Å². The number of benzene rings is 1. The van der Waals surface area contributed by atoms with Crippen molar-refractivity contribution in [2.24, 2.45) is 0 Å². The minimum atomic E-state index is -0.603. The number of hydrogen-bond donors (Lipinski definition) is 1. The average Bonchev–Trinajstić information content (AvgIpc) is 2.71. The van der Waals surface area contributed by atoms with Crippen LogP contribution >= 0.6 is 0 Å². The van der Waals surface area contributed by atoms with Crippen LogP contribution in [0.2, 0.25) is 0 Å². The Kier molecular flexibility index (Phi) is 3.84. The van der Waals surface area contributed by atoms with Crippen LogP contribution < -0.4 is 5.32 Å². The van der Waals surface area contributed by atoms with Gasteiger partial charge in [-0.1, -0.05) is 43.9 Å². The third-order valence-corrected chi connectivity index (χ3v) is 5.35. The van der Waals surface area contributed by atoms with Crippen molar-refractivity contribution < 1.29 is 9.59 Å². The van der Waals surface area contributed by atoms with Crippen molar-refractivity contribution in [1.82, 2.24) is 5.32 Å². The summed E-state index contributed by atoms with van der Waals surface area (Å²) in [6, 6.07) is 4.20. The molecular weight excluding hydrogens is 274 g/mol. The number of ketones is 1. The number of aryl methyl sites for hydroxylation is 3. The van der Waals surface area contributed by atoms with Crippen LogP contribution in [0.15, 0.2) is 12.1 Å². The molecule has 0 aromatic heterocycles. The fourth-order valence-corrected chi connectivity index (χ4v) is 4.33. The van der Waals surface area contributed by atoms with Crippen molar-refractivity contribution in [3.8, 4) is 0 Å². The Balaban J connectivity index is 2.06. The standard InChI is InChI=1S/C19H25NO2/c1-4-14-11-12(2)10-13(3)15(14)16-17(21)19(20-18(16)22)8-6-5-7-9-19/h10-11,16H,4-9H2,1-3H3,(H,20,22). The predicted molar refractivity (Wildman–Crippen MR) is 87.0 cm³/mol. The van der Waals surface area contributed by atoms with E-state index in [1.165, 1.54) is 12.0 Å². The van der Waals surface area contributed by atoms with Gasteiger partial charge in [-0.15, -0.1) is 0 Å². The van der Waals surface area contributed by atoms with Gasteiger partial charge in [0.1, 0.15) is 5.92 Å². The lowest BCUT2D eigenvalue weighted by molar-refractivity contribution is -0.125. The fourth-order valence-electron chi connectivity index (χ4n) is 4.33. The maximum absolute atomic E-state index is 13.1. The quantitative estimate of drug-likeness (QED) is 0.851. The maximum atomic E-state index is 13.1. The van der Waals surface area contributed by atoms with Gasteiger partial charge in [0.15, 0.2) is 5.78 Å². The van der Waals surface area contributed by atoms with Gasteiger partial charge in [0.05, 0.1) is 5.54 Å². The van der Waals surface area contributed by atoms with Crippen LogP contribution in [0.1, 0.15) is 67.2 Å². The number of nitrogens with one attached hydrogen (secondary N) is 1. The SMILES string of the molecule is CCc1cc(C)cc(C)c1C1C(=O)NC2(CCCCC2)C1=O. The molecule has 0 radical (unpaired) electrons. The Morgan fingerprint density at radius 2 is 1.82 bits per heavy atom. The van der Waals surface area contributed by atoms with Crippen LogP contribution in [0.4, 0.5) is 0 Å². The van der Waals surface area contributed by atoms with E-state index in [0.717, 1.165) is 48.8 Å². The molecule has 1 spiro atoms. The lowest BCUT2D eigenvalue weighted by atomic mass is 9.75. The third kappa shape index (κ3) is 2.27. The number of carbonyl (C=O) groups excluding carboxylic acids is 2. The normalized spacial score (nSPS) is 23.9. The van der Waals surface area contributed by atoms with Gasteiger partial charge in [0, 0.05) is 0 Å². The molecule has 1 aromatic carbocycles. The minimum absolute atomic E-state index is 0.0893. The van der Waals surface area contributed by atoms with E-state index in [0.29, 0.717) is 0 Å². The van der Waals surface area contributed by atoms with E-state index >= 15 is 0 Å². The van der Waals surface area contributed by atoms with E-state index in [4.69, 9.17) is 0 Å². The van der Waals surface area contributed by atoms with Gasteiger partial charge in [-0.05, 0) is 49.8 Å². The lowest BCUT2D eigenvalue weighted by Crippen LogP contribution is -2.47. The first-order chi connectivity index (χ1) is 10.5. The number of Topliss-reactive ketones (excluding diaryl/α,β-unsaturated/α-hetero) is 1. The van der Waals surface area contributed by atoms with E-state index in [1.54, 1.807) is 0 Å². The fraction of sp³-hybridized carbons (Fsp3) is 0.579. The monoisotopic (exact) mass is 299 g/mol. The van der Waals surface area contributed by atoms with Crippen LogP contribution in [0.3, 0.4) is 0 Å². The molecule has 1 saturated heterocycles. The van der Waals surface area contributed by atoms with Gasteiger partial charge in [0.25, 0.3) is 0 Å². The molecule has 1 atom stereocenters. The topological polar surface area (TPSA) is 46.2 Å². The first-order valence-corrected chi connectivity index (χ1v) is 8.45. The zero-order valence-corrected chi connectivity index (χ0v) is 13.8. The molecule has 1 amide bonds. The number of amides is 1. The molecule has 1 unspecified atom stereocenters. The smallest absolute Gasteiger partial charge is 0.235 e. The summed E-state index contributed by atoms with van der Waals surface area (Å²) in [4.78, 5) is 25.7. The third-order valence-electron chi connectivity index (χ3n) is 5.35. The summed E-state index contributed by atoms with van der Waals surface area (Å²) in [5.41, 5.74) is 3.77. The van der Waals surface area contributed by atoms with Crippen molar-refractivity contribution in [2.45, 2.75) is 70.8 Å². The Morgan fingerprint density at radius 1 is 1.14 bits per heavy atom. The highest BCUT2D eigenvalue weighted by atomic mass is 16.2. The van der Waals surface area contributed by atoms with Gasteiger partial charge < -0.3 is 5.32 Å². The first-order valence-electron chi connectivity index (χ1n) is 8.45. The van der Waals surface area contributed by atoms with Gasteiger partial charge in [-0.2, -0.15) is 0 Å². The summed E-state index contributed by atoms with van der Waals surface area (Å²) < 4.78 is 0. The molecular formula is C19H25NO2. The van der Waals surface area contributed by atoms with Gasteiger partial charge in [0.2, 0.25) is 5.91 Å². The molecule has 1 aliphatic carbocycles. The van der Waals surface area contributed by atoms with Crippen molar-refractivity contribution in [1.29, 1.82) is 0 Å². The molecule has 1 aromatic rings. The van der Waals surface area contributed by atoms with E-state index in [2.05, 4.69) is 31.3 Å². The summed E-state index contributed by atoms with van der Waals surface area (Å²) in [6.45, 7) is 6.18. The molecule has 3 nitrogen and oxygen atoms in total. The summed E-state index contributed by atoms with van der Waals surface area (Å²) >= 11 is 0. The second-order valence-electron chi connectivity index (χ2n) is 6.94. The summed E-state index contributed by atoms with van der Waals surface area (Å²) in [7, 11) is 0. The first kappa shape index (κ1) is 15.3. The Bertz CT molecular complexity index is 627. The molecule has 1 N–H and O–H groups in total. The molecule has 1 heterocycles. The lowest BCUT2D eigenvalue weighted by Gasteiger charge is -2.31. The summed E-state index contributed by atoms with van der Waals surface area (Å²) in [5, 5.41) is 3.07. The molecule has 118 valence electrons. The van der Waals surface area contributed by atoms with Crippen LogP contribution in [-0.2, 0) is 16.0 Å². The van der Waals surface area contributed by atoms with E-state index in [-0.39, 0.29) is 11.7 Å². The highest BCUT2D eigenvalue weighted by Gasteiger charge is 2.53. The Morgan fingerprint density at radius 3 is 2.45 bits per heavy atom. The zero-order chi connectivity index (χ0) is 15.9. The Hall–Kier alpha value is -1.64. The number of hydrogen-bond acceptors (Lipinski definition) is 2. The highest BCUT2D eigenvalue weighted by Crippen LogP contribution is 2.41. The van der Waals surface area contributed by atoms with Crippen LogP contribution in [0, 0.1) is 13.8 Å². The minimum Gasteiger partial charge on any atom is -0.343 e. The molecule has 3 rings (SSSR count). The summed E-state index contributed by atoms with van der Waals surface area (Å²) in [6.07, 6.45) is 5.70. The molecule has 2 aliphatic rings. The number of rotatable bonds is 2. The van der Waals surface area contributed by atoms with Crippen molar-refractivity contribution >= 4 is 11.7 Å². The molecule has 3 heteroatoms. The van der Waals surface area contributed by atoms with Gasteiger partial charge >= 0.3 is 0 Å². The van der Waals surface area contributed by atoms with Gasteiger partial charge in [-0.3, -0.25) is 9.59 Å². The molecule has 2 fully saturated rings. The van der Waals surface area contributed by atoms with E-state index < -0.39 is 11.5 Å². The van der Waals surface area contributed by atoms with Crippen LogP contribution in [0.25, 0.3) is 0 Å². The molecule has 1 aliphatic heterocycles. The molecule has 22 heavy (non-hydrogen) atoms. The average molecular weight is 299 g/mol. The second kappa shape index (κ2) is 5.53. The molecule has 1 saturated carbocycles. The second-order valence-corrected chi connectivity index (χ2v) is 6.94. The predicted octanol–water partition coefficient (Wildman–Crippen LogP) is 3.35. The van der Waals surface area contributed by atoms with Crippen molar-refractivity contribution in [3.63, 3.8) is 0 Å². The van der Waals surface area contributed by atoms with E-state index in [9.17, 15) is 9.59 Å². The molecule has 0 bridgehead atoms. The zero-order valence-electron chi connectivity index (χ0n) is 13.8. The van der Waals surface area contributed by atoms with Crippen molar-refractivity contribution in [2.75, 3.05) is 0 Å². The van der Waals surface area contributed by atoms with Crippen molar-refractivity contribution in [3.05, 3.63) is 34.4 Å². The van der Waals surface area contributed by atoms with E-state index in [1.807, 2.05) is 6.92 Å². The van der Waals surface area contributed by atoms with Crippen LogP contribution in [0.5, 0.6) is 0 Å². The maximum Gasteiger partial charge on any atom is 0.235 e. The number of carbonyl (C=O) groups is 2. The van der Waals surface area contributed by atoms with Crippen LogP contribution in [-0.4, -0.2) is 17.2 Å².